The maximum Gasteiger partial charge on any atom is 0.196 e. The molecule has 108 valence electrons. The molecule has 0 amide bonds. The Hall–Kier alpha value is -1.32. The molecule has 1 aromatic heterocycles. The van der Waals surface area contributed by atoms with Crippen LogP contribution in [0.3, 0.4) is 0 Å². The predicted molar refractivity (Wildman–Crippen MR) is 83.1 cm³/mol. The van der Waals surface area contributed by atoms with Gasteiger partial charge in [0.25, 0.3) is 0 Å². The summed E-state index contributed by atoms with van der Waals surface area (Å²) in [6, 6.07) is 5.85. The highest BCUT2D eigenvalue weighted by Crippen LogP contribution is 2.25. The zero-order valence-electron chi connectivity index (χ0n) is 12.5. The van der Waals surface area contributed by atoms with Crippen molar-refractivity contribution in [2.45, 2.75) is 39.7 Å². The second-order valence-corrected chi connectivity index (χ2v) is 6.42. The van der Waals surface area contributed by atoms with Gasteiger partial charge in [0.2, 0.25) is 0 Å². The number of oxazole rings is 1. The van der Waals surface area contributed by atoms with Crippen LogP contribution in [0.15, 0.2) is 28.8 Å². The molecule has 2 aromatic rings. The maximum atomic E-state index is 6.03. The summed E-state index contributed by atoms with van der Waals surface area (Å²) in [5, 5.41) is 4.19. The number of aromatic nitrogens is 1. The molecule has 0 fully saturated rings. The minimum absolute atomic E-state index is 0.114. The molecule has 20 heavy (non-hydrogen) atoms. The van der Waals surface area contributed by atoms with Crippen molar-refractivity contribution in [1.29, 1.82) is 0 Å². The van der Waals surface area contributed by atoms with Crippen LogP contribution in [0.5, 0.6) is 0 Å². The summed E-state index contributed by atoms with van der Waals surface area (Å²) < 4.78 is 5.79. The van der Waals surface area contributed by atoms with Gasteiger partial charge in [-0.2, -0.15) is 0 Å². The Labute approximate surface area is 125 Å². The topological polar surface area (TPSA) is 38.1 Å². The van der Waals surface area contributed by atoms with Crippen molar-refractivity contribution in [1.82, 2.24) is 10.3 Å². The Kier molecular flexibility index (Phi) is 4.51. The lowest BCUT2D eigenvalue weighted by Gasteiger charge is -2.19. The number of aryl methyl sites for hydroxylation is 1. The van der Waals surface area contributed by atoms with Gasteiger partial charge in [-0.1, -0.05) is 11.6 Å². The first-order chi connectivity index (χ1) is 9.35. The first kappa shape index (κ1) is 15.1. The van der Waals surface area contributed by atoms with Crippen LogP contribution in [0.1, 0.15) is 32.2 Å². The highest BCUT2D eigenvalue weighted by molar-refractivity contribution is 6.31. The average Bonchev–Trinajstić information content (AvgIpc) is 2.80. The van der Waals surface area contributed by atoms with Gasteiger partial charge in [0, 0.05) is 29.1 Å². The summed E-state index contributed by atoms with van der Waals surface area (Å²) in [5.74, 6) is 1.54. The molecule has 0 spiro atoms. The number of hydrogen-bond donors (Lipinski definition) is 1. The molecular weight excluding hydrogens is 272 g/mol. The molecule has 2 rings (SSSR count). The number of hydrogen-bond acceptors (Lipinski definition) is 3. The fourth-order valence-electron chi connectivity index (χ4n) is 1.90. The SMILES string of the molecule is Cc1cc(-c2cnc(CCNC(C)(C)C)o2)ccc1Cl. The number of nitrogens with one attached hydrogen (secondary N) is 1. The van der Waals surface area contributed by atoms with Crippen LogP contribution < -0.4 is 5.32 Å². The van der Waals surface area contributed by atoms with E-state index in [4.69, 9.17) is 16.0 Å². The van der Waals surface area contributed by atoms with Gasteiger partial charge in [0.1, 0.15) is 0 Å². The van der Waals surface area contributed by atoms with Crippen molar-refractivity contribution >= 4 is 11.6 Å². The van der Waals surface area contributed by atoms with Crippen LogP contribution in [0.2, 0.25) is 5.02 Å². The van der Waals surface area contributed by atoms with E-state index in [2.05, 4.69) is 31.1 Å². The van der Waals surface area contributed by atoms with Crippen molar-refractivity contribution in [3.8, 4) is 11.3 Å². The third kappa shape index (κ3) is 4.09. The summed E-state index contributed by atoms with van der Waals surface area (Å²) >= 11 is 6.03. The standard InChI is InChI=1S/C16H21ClN2O/c1-11-9-12(5-6-13(11)17)14-10-18-15(20-14)7-8-19-16(2,3)4/h5-6,9-10,19H,7-8H2,1-4H3. The monoisotopic (exact) mass is 292 g/mol. The molecule has 1 heterocycles. The van der Waals surface area contributed by atoms with Gasteiger partial charge in [-0.15, -0.1) is 0 Å². The van der Waals surface area contributed by atoms with Crippen LogP contribution in [0.4, 0.5) is 0 Å². The van der Waals surface area contributed by atoms with Crippen molar-refractivity contribution < 1.29 is 4.42 Å². The van der Waals surface area contributed by atoms with Crippen molar-refractivity contribution in [3.63, 3.8) is 0 Å². The van der Waals surface area contributed by atoms with Gasteiger partial charge in [0.15, 0.2) is 11.7 Å². The Morgan fingerprint density at radius 1 is 1.30 bits per heavy atom. The molecular formula is C16H21ClN2O. The van der Waals surface area contributed by atoms with Gasteiger partial charge in [-0.05, 0) is 51.5 Å². The molecule has 0 aliphatic carbocycles. The third-order valence-electron chi connectivity index (χ3n) is 2.99. The van der Waals surface area contributed by atoms with E-state index in [1.165, 1.54) is 0 Å². The van der Waals surface area contributed by atoms with E-state index in [1.807, 2.05) is 25.1 Å². The van der Waals surface area contributed by atoms with Crippen LogP contribution in [0.25, 0.3) is 11.3 Å². The summed E-state index contributed by atoms with van der Waals surface area (Å²) in [6.07, 6.45) is 2.55. The Balaban J connectivity index is 2.03. The summed E-state index contributed by atoms with van der Waals surface area (Å²) in [7, 11) is 0. The number of benzene rings is 1. The first-order valence-corrected chi connectivity index (χ1v) is 7.19. The fourth-order valence-corrected chi connectivity index (χ4v) is 2.02. The number of rotatable bonds is 4. The van der Waals surface area contributed by atoms with Crippen molar-refractivity contribution in [2.75, 3.05) is 6.54 Å². The van der Waals surface area contributed by atoms with E-state index < -0.39 is 0 Å². The van der Waals surface area contributed by atoms with E-state index in [0.29, 0.717) is 0 Å². The molecule has 0 unspecified atom stereocenters. The third-order valence-corrected chi connectivity index (χ3v) is 3.41. The Bertz CT molecular complexity index is 584. The van der Waals surface area contributed by atoms with Crippen molar-refractivity contribution in [3.05, 3.63) is 40.9 Å². The van der Waals surface area contributed by atoms with Gasteiger partial charge in [-0.3, -0.25) is 0 Å². The second-order valence-electron chi connectivity index (χ2n) is 6.01. The van der Waals surface area contributed by atoms with E-state index in [9.17, 15) is 0 Å². The lowest BCUT2D eigenvalue weighted by molar-refractivity contribution is 0.412. The molecule has 4 heteroatoms. The van der Waals surface area contributed by atoms with Crippen LogP contribution in [-0.4, -0.2) is 17.1 Å². The lowest BCUT2D eigenvalue weighted by Crippen LogP contribution is -2.37. The molecule has 1 aromatic carbocycles. The lowest BCUT2D eigenvalue weighted by atomic mass is 10.1. The summed E-state index contributed by atoms with van der Waals surface area (Å²) in [6.45, 7) is 9.26. The van der Waals surface area contributed by atoms with Gasteiger partial charge >= 0.3 is 0 Å². The molecule has 0 radical (unpaired) electrons. The second kappa shape index (κ2) is 5.98. The zero-order valence-corrected chi connectivity index (χ0v) is 13.2. The Morgan fingerprint density at radius 2 is 2.05 bits per heavy atom. The predicted octanol–water partition coefficient (Wildman–Crippen LogP) is 4.23. The van der Waals surface area contributed by atoms with E-state index >= 15 is 0 Å². The Morgan fingerprint density at radius 3 is 2.70 bits per heavy atom. The maximum absolute atomic E-state index is 6.03. The minimum atomic E-state index is 0.114. The van der Waals surface area contributed by atoms with Crippen LogP contribution >= 0.6 is 11.6 Å². The van der Waals surface area contributed by atoms with Crippen molar-refractivity contribution in [2.24, 2.45) is 0 Å². The molecule has 0 atom stereocenters. The molecule has 0 aliphatic heterocycles. The van der Waals surface area contributed by atoms with Crippen LogP contribution in [0, 0.1) is 6.92 Å². The largest absolute Gasteiger partial charge is 0.441 e. The quantitative estimate of drug-likeness (QED) is 0.916. The normalized spacial score (nSPS) is 11.8. The first-order valence-electron chi connectivity index (χ1n) is 6.81. The minimum Gasteiger partial charge on any atom is -0.441 e. The molecule has 1 N–H and O–H groups in total. The molecule has 0 aliphatic rings. The summed E-state index contributed by atoms with van der Waals surface area (Å²) in [4.78, 5) is 4.32. The fraction of sp³-hybridized carbons (Fsp3) is 0.438. The van der Waals surface area contributed by atoms with E-state index in [1.54, 1.807) is 6.20 Å². The van der Waals surface area contributed by atoms with E-state index in [-0.39, 0.29) is 5.54 Å². The van der Waals surface area contributed by atoms with E-state index in [0.717, 1.165) is 40.8 Å². The molecule has 0 saturated carbocycles. The number of halogens is 1. The number of nitrogens with zero attached hydrogens (tertiary/aromatic N) is 1. The summed E-state index contributed by atoms with van der Waals surface area (Å²) in [5.41, 5.74) is 2.16. The van der Waals surface area contributed by atoms with Gasteiger partial charge in [-0.25, -0.2) is 4.98 Å². The zero-order chi connectivity index (χ0) is 14.8. The molecule has 3 nitrogen and oxygen atoms in total. The van der Waals surface area contributed by atoms with Crippen LogP contribution in [-0.2, 0) is 6.42 Å². The average molecular weight is 293 g/mol. The highest BCUT2D eigenvalue weighted by atomic mass is 35.5. The molecule has 0 saturated heterocycles. The molecule has 0 bridgehead atoms. The van der Waals surface area contributed by atoms with Gasteiger partial charge in [0.05, 0.1) is 6.20 Å². The highest BCUT2D eigenvalue weighted by Gasteiger charge is 2.11. The van der Waals surface area contributed by atoms with Gasteiger partial charge < -0.3 is 9.73 Å². The smallest absolute Gasteiger partial charge is 0.196 e.